The number of nitrogens with one attached hydrogen (secondary N) is 1. The minimum atomic E-state index is 0.737. The first-order valence-electron chi connectivity index (χ1n) is 8.21. The first-order valence-corrected chi connectivity index (χ1v) is 8.21. The Morgan fingerprint density at radius 1 is 1.00 bits per heavy atom. The highest BCUT2D eigenvalue weighted by Gasteiger charge is 2.31. The van der Waals surface area contributed by atoms with Gasteiger partial charge >= 0.3 is 0 Å². The normalized spacial score (nSPS) is 32.8. The number of hydrogen-bond acceptors (Lipinski definition) is 2. The van der Waals surface area contributed by atoms with E-state index in [4.69, 9.17) is 0 Å². The van der Waals surface area contributed by atoms with E-state index >= 15 is 0 Å². The van der Waals surface area contributed by atoms with Gasteiger partial charge in [-0.15, -0.1) is 0 Å². The molecule has 3 unspecified atom stereocenters. The summed E-state index contributed by atoms with van der Waals surface area (Å²) in [6, 6.07) is 2.31. The first-order chi connectivity index (χ1) is 8.72. The third-order valence-corrected chi connectivity index (χ3v) is 5.22. The van der Waals surface area contributed by atoms with Gasteiger partial charge in [-0.25, -0.2) is 0 Å². The molecule has 106 valence electrons. The topological polar surface area (TPSA) is 15.3 Å². The Bertz CT molecular complexity index is 225. The molecule has 1 aliphatic carbocycles. The molecule has 0 amide bonds. The summed E-state index contributed by atoms with van der Waals surface area (Å²) < 4.78 is 0. The molecule has 2 nitrogen and oxygen atoms in total. The van der Waals surface area contributed by atoms with Crippen LogP contribution in [0.5, 0.6) is 0 Å². The second-order valence-corrected chi connectivity index (χ2v) is 6.53. The van der Waals surface area contributed by atoms with Crippen molar-refractivity contribution in [3.63, 3.8) is 0 Å². The van der Waals surface area contributed by atoms with Crippen LogP contribution >= 0.6 is 0 Å². The average Bonchev–Trinajstić information content (AvgIpc) is 2.86. The predicted octanol–water partition coefficient (Wildman–Crippen LogP) is 3.42. The second-order valence-electron chi connectivity index (χ2n) is 6.53. The van der Waals surface area contributed by atoms with Crippen molar-refractivity contribution in [1.82, 2.24) is 10.2 Å². The van der Waals surface area contributed by atoms with Gasteiger partial charge in [0, 0.05) is 24.7 Å². The van der Waals surface area contributed by atoms with Gasteiger partial charge in [0.05, 0.1) is 0 Å². The lowest BCUT2D eigenvalue weighted by Gasteiger charge is -2.42. The van der Waals surface area contributed by atoms with Crippen LogP contribution in [0.3, 0.4) is 0 Å². The Labute approximate surface area is 114 Å². The molecule has 0 aromatic carbocycles. The Hall–Kier alpha value is -0.0800. The van der Waals surface area contributed by atoms with E-state index < -0.39 is 0 Å². The van der Waals surface area contributed by atoms with Crippen molar-refractivity contribution in [2.75, 3.05) is 13.1 Å². The van der Waals surface area contributed by atoms with Crippen molar-refractivity contribution in [2.24, 2.45) is 5.92 Å². The average molecular weight is 252 g/mol. The molecule has 1 saturated heterocycles. The predicted molar refractivity (Wildman–Crippen MR) is 78.9 cm³/mol. The standard InChI is InChI=1S/C16H32N2/c1-4-17-16(15-10-5-6-11-15)12-18-13(2)8-7-9-14(18)3/h13-17H,4-12H2,1-3H3. The first kappa shape index (κ1) is 14.3. The summed E-state index contributed by atoms with van der Waals surface area (Å²) in [5.74, 6) is 0.936. The van der Waals surface area contributed by atoms with Crippen LogP contribution in [-0.2, 0) is 0 Å². The van der Waals surface area contributed by atoms with E-state index in [0.29, 0.717) is 0 Å². The van der Waals surface area contributed by atoms with Crippen molar-refractivity contribution in [1.29, 1.82) is 0 Å². The Kier molecular flexibility index (Phi) is 5.50. The lowest BCUT2D eigenvalue weighted by molar-refractivity contribution is 0.0811. The number of hydrogen-bond donors (Lipinski definition) is 1. The third kappa shape index (κ3) is 3.48. The van der Waals surface area contributed by atoms with E-state index in [0.717, 1.165) is 30.6 Å². The molecule has 3 atom stereocenters. The molecule has 18 heavy (non-hydrogen) atoms. The second kappa shape index (κ2) is 6.91. The van der Waals surface area contributed by atoms with Gasteiger partial charge in [-0.1, -0.05) is 26.2 Å². The lowest BCUT2D eigenvalue weighted by atomic mass is 9.92. The molecule has 2 heteroatoms. The quantitative estimate of drug-likeness (QED) is 0.806. The molecule has 0 bridgehead atoms. The van der Waals surface area contributed by atoms with Gasteiger partial charge in [0.15, 0.2) is 0 Å². The third-order valence-electron chi connectivity index (χ3n) is 5.22. The number of likely N-dealkylation sites (N-methyl/N-ethyl adjacent to an activating group) is 1. The maximum Gasteiger partial charge on any atom is 0.0223 e. The maximum absolute atomic E-state index is 3.77. The largest absolute Gasteiger partial charge is 0.313 e. The molecule has 1 aliphatic heterocycles. The van der Waals surface area contributed by atoms with Gasteiger partial charge in [-0.05, 0) is 52.0 Å². The summed E-state index contributed by atoms with van der Waals surface area (Å²) >= 11 is 0. The highest BCUT2D eigenvalue weighted by molar-refractivity contribution is 4.88. The molecular weight excluding hydrogens is 220 g/mol. The Morgan fingerprint density at radius 3 is 2.17 bits per heavy atom. The fourth-order valence-corrected chi connectivity index (χ4v) is 4.06. The summed E-state index contributed by atoms with van der Waals surface area (Å²) in [5, 5.41) is 3.77. The van der Waals surface area contributed by atoms with Crippen LogP contribution in [0, 0.1) is 5.92 Å². The van der Waals surface area contributed by atoms with Crippen LogP contribution < -0.4 is 5.32 Å². The molecule has 1 heterocycles. The lowest BCUT2D eigenvalue weighted by Crippen LogP contribution is -2.52. The minimum absolute atomic E-state index is 0.737. The van der Waals surface area contributed by atoms with Crippen LogP contribution in [0.4, 0.5) is 0 Å². The zero-order chi connectivity index (χ0) is 13.0. The van der Waals surface area contributed by atoms with Crippen LogP contribution in [0.2, 0.25) is 0 Å². The molecule has 1 N–H and O–H groups in total. The van der Waals surface area contributed by atoms with Gasteiger partial charge in [-0.3, -0.25) is 4.90 Å². The molecular formula is C16H32N2. The fraction of sp³-hybridized carbons (Fsp3) is 1.00. The molecule has 2 fully saturated rings. The van der Waals surface area contributed by atoms with E-state index in [-0.39, 0.29) is 0 Å². The molecule has 2 aliphatic rings. The van der Waals surface area contributed by atoms with Crippen LogP contribution in [0.1, 0.15) is 65.7 Å². The van der Waals surface area contributed by atoms with Crippen LogP contribution in [-0.4, -0.2) is 36.1 Å². The number of rotatable bonds is 5. The monoisotopic (exact) mass is 252 g/mol. The highest BCUT2D eigenvalue weighted by atomic mass is 15.2. The SMILES string of the molecule is CCNC(CN1C(C)CCCC1C)C1CCCC1. The van der Waals surface area contributed by atoms with Gasteiger partial charge in [0.1, 0.15) is 0 Å². The summed E-state index contributed by atoms with van der Waals surface area (Å²) in [5.41, 5.74) is 0. The number of piperidine rings is 1. The summed E-state index contributed by atoms with van der Waals surface area (Å²) in [6.07, 6.45) is 10.0. The fourth-order valence-electron chi connectivity index (χ4n) is 4.06. The smallest absolute Gasteiger partial charge is 0.0223 e. The van der Waals surface area contributed by atoms with Gasteiger partial charge in [-0.2, -0.15) is 0 Å². The minimum Gasteiger partial charge on any atom is -0.313 e. The summed E-state index contributed by atoms with van der Waals surface area (Å²) in [4.78, 5) is 2.77. The van der Waals surface area contributed by atoms with Crippen molar-refractivity contribution in [3.05, 3.63) is 0 Å². The van der Waals surface area contributed by atoms with Crippen molar-refractivity contribution in [3.8, 4) is 0 Å². The highest BCUT2D eigenvalue weighted by Crippen LogP contribution is 2.30. The molecule has 0 aromatic heterocycles. The van der Waals surface area contributed by atoms with E-state index in [1.165, 1.54) is 51.5 Å². The van der Waals surface area contributed by atoms with E-state index in [9.17, 15) is 0 Å². The van der Waals surface area contributed by atoms with E-state index in [2.05, 4.69) is 31.0 Å². The van der Waals surface area contributed by atoms with E-state index in [1.807, 2.05) is 0 Å². The molecule has 2 rings (SSSR count). The zero-order valence-corrected chi connectivity index (χ0v) is 12.6. The van der Waals surface area contributed by atoms with Crippen LogP contribution in [0.25, 0.3) is 0 Å². The summed E-state index contributed by atoms with van der Waals surface area (Å²) in [7, 11) is 0. The number of likely N-dealkylation sites (tertiary alicyclic amines) is 1. The maximum atomic E-state index is 3.77. The van der Waals surface area contributed by atoms with Crippen molar-refractivity contribution >= 4 is 0 Å². The van der Waals surface area contributed by atoms with E-state index in [1.54, 1.807) is 0 Å². The molecule has 0 aromatic rings. The number of nitrogens with zero attached hydrogens (tertiary/aromatic N) is 1. The van der Waals surface area contributed by atoms with Crippen molar-refractivity contribution < 1.29 is 0 Å². The van der Waals surface area contributed by atoms with Gasteiger partial charge in [0.2, 0.25) is 0 Å². The van der Waals surface area contributed by atoms with Crippen LogP contribution in [0.15, 0.2) is 0 Å². The zero-order valence-electron chi connectivity index (χ0n) is 12.6. The Morgan fingerprint density at radius 2 is 1.61 bits per heavy atom. The Balaban J connectivity index is 1.93. The molecule has 0 spiro atoms. The van der Waals surface area contributed by atoms with Crippen molar-refractivity contribution in [2.45, 2.75) is 83.8 Å². The van der Waals surface area contributed by atoms with Gasteiger partial charge in [0.25, 0.3) is 0 Å². The molecule has 1 saturated carbocycles. The van der Waals surface area contributed by atoms with Gasteiger partial charge < -0.3 is 5.32 Å². The molecule has 0 radical (unpaired) electrons. The summed E-state index contributed by atoms with van der Waals surface area (Å²) in [6.45, 7) is 9.50.